The van der Waals surface area contributed by atoms with Gasteiger partial charge in [0.05, 0.1) is 12.2 Å². The summed E-state index contributed by atoms with van der Waals surface area (Å²) in [5, 5.41) is 14.0. The van der Waals surface area contributed by atoms with E-state index in [1.807, 2.05) is 5.38 Å². The molecular formula is C11H9BrN2O3S2. The minimum atomic E-state index is -0.992. The third-order valence-corrected chi connectivity index (χ3v) is 5.24. The Kier molecular flexibility index (Phi) is 4.33. The summed E-state index contributed by atoms with van der Waals surface area (Å²) >= 11 is 5.70. The van der Waals surface area contributed by atoms with Crippen molar-refractivity contribution < 1.29 is 14.7 Å². The minimum absolute atomic E-state index is 0.202. The Morgan fingerprint density at radius 1 is 1.47 bits per heavy atom. The molecule has 0 aliphatic heterocycles. The van der Waals surface area contributed by atoms with E-state index in [0.717, 1.165) is 15.8 Å². The first-order chi connectivity index (χ1) is 8.99. The molecule has 0 atom stereocenters. The lowest BCUT2D eigenvalue weighted by atomic mass is 10.4. The van der Waals surface area contributed by atoms with E-state index < -0.39 is 5.97 Å². The normalized spacial score (nSPS) is 10.4. The molecule has 8 heteroatoms. The Morgan fingerprint density at radius 3 is 2.74 bits per heavy atom. The van der Waals surface area contributed by atoms with E-state index in [-0.39, 0.29) is 17.3 Å². The predicted octanol–water partition coefficient (Wildman–Crippen LogP) is 2.90. The van der Waals surface area contributed by atoms with Crippen LogP contribution in [0.5, 0.6) is 0 Å². The summed E-state index contributed by atoms with van der Waals surface area (Å²) in [6.45, 7) is 1.86. The number of thiophene rings is 1. The van der Waals surface area contributed by atoms with Crippen LogP contribution in [-0.2, 0) is 6.54 Å². The van der Waals surface area contributed by atoms with Crippen molar-refractivity contribution >= 4 is 50.5 Å². The van der Waals surface area contributed by atoms with Gasteiger partial charge < -0.3 is 10.4 Å². The van der Waals surface area contributed by atoms with E-state index in [1.54, 1.807) is 13.0 Å². The number of hydrogen-bond acceptors (Lipinski definition) is 5. The Labute approximate surface area is 125 Å². The first-order valence-corrected chi connectivity index (χ1v) is 7.68. The number of aromatic nitrogens is 1. The van der Waals surface area contributed by atoms with Gasteiger partial charge in [0.2, 0.25) is 0 Å². The molecule has 19 heavy (non-hydrogen) atoms. The van der Waals surface area contributed by atoms with Crippen LogP contribution in [-0.4, -0.2) is 22.0 Å². The highest BCUT2D eigenvalue weighted by atomic mass is 79.9. The largest absolute Gasteiger partial charge is 0.477 e. The van der Waals surface area contributed by atoms with Crippen LogP contribution in [0.4, 0.5) is 0 Å². The first-order valence-electron chi connectivity index (χ1n) is 5.20. The number of aryl methyl sites for hydroxylation is 1. The molecule has 0 spiro atoms. The summed E-state index contributed by atoms with van der Waals surface area (Å²) in [5.41, 5.74) is 0.471. The van der Waals surface area contributed by atoms with Gasteiger partial charge in [-0.15, -0.1) is 22.7 Å². The van der Waals surface area contributed by atoms with Crippen LogP contribution >= 0.6 is 38.6 Å². The fourth-order valence-corrected chi connectivity index (χ4v) is 3.73. The standard InChI is InChI=1S/C11H9BrN2O3S2/c1-5-8(11(16)17)19-7(14-5)4-13-10(15)9-6(12)2-3-18-9/h2-3H,4H2,1H3,(H,13,15)(H,16,17). The molecular weight excluding hydrogens is 352 g/mol. The van der Waals surface area contributed by atoms with Crippen molar-refractivity contribution in [3.8, 4) is 0 Å². The average Bonchev–Trinajstić information content (AvgIpc) is 2.92. The molecule has 0 aliphatic rings. The molecule has 0 aromatic carbocycles. The fourth-order valence-electron chi connectivity index (χ4n) is 1.42. The van der Waals surface area contributed by atoms with Crippen LogP contribution in [0, 0.1) is 6.92 Å². The number of halogens is 1. The molecule has 5 nitrogen and oxygen atoms in total. The number of rotatable bonds is 4. The highest BCUT2D eigenvalue weighted by molar-refractivity contribution is 9.10. The lowest BCUT2D eigenvalue weighted by Crippen LogP contribution is -2.22. The Balaban J connectivity index is 2.03. The molecule has 0 saturated carbocycles. The number of thiazole rings is 1. The van der Waals surface area contributed by atoms with Crippen molar-refractivity contribution in [1.82, 2.24) is 10.3 Å². The molecule has 0 unspecified atom stereocenters. The fraction of sp³-hybridized carbons (Fsp3) is 0.182. The summed E-state index contributed by atoms with van der Waals surface area (Å²) in [7, 11) is 0. The lowest BCUT2D eigenvalue weighted by Gasteiger charge is -2.01. The van der Waals surface area contributed by atoms with Gasteiger partial charge in [0.15, 0.2) is 0 Å². The number of aromatic carboxylic acids is 1. The van der Waals surface area contributed by atoms with Crippen LogP contribution < -0.4 is 5.32 Å². The van der Waals surface area contributed by atoms with E-state index >= 15 is 0 Å². The van der Waals surface area contributed by atoms with Gasteiger partial charge in [-0.3, -0.25) is 4.79 Å². The number of carboxylic acid groups (broad SMARTS) is 1. The van der Waals surface area contributed by atoms with Crippen molar-refractivity contribution in [2.75, 3.05) is 0 Å². The second-order valence-corrected chi connectivity index (χ2v) is 6.46. The van der Waals surface area contributed by atoms with Gasteiger partial charge in [-0.25, -0.2) is 9.78 Å². The Morgan fingerprint density at radius 2 is 2.21 bits per heavy atom. The van der Waals surface area contributed by atoms with Gasteiger partial charge in [-0.2, -0.15) is 0 Å². The SMILES string of the molecule is Cc1nc(CNC(=O)c2sccc2Br)sc1C(=O)O. The summed E-state index contributed by atoms with van der Waals surface area (Å²) in [6, 6.07) is 1.80. The molecule has 0 saturated heterocycles. The monoisotopic (exact) mass is 360 g/mol. The third-order valence-electron chi connectivity index (χ3n) is 2.26. The Bertz CT molecular complexity index is 636. The van der Waals surface area contributed by atoms with Gasteiger partial charge in [-0.05, 0) is 34.3 Å². The zero-order valence-electron chi connectivity index (χ0n) is 9.77. The summed E-state index contributed by atoms with van der Waals surface area (Å²) < 4.78 is 0.747. The van der Waals surface area contributed by atoms with Gasteiger partial charge in [0, 0.05) is 4.47 Å². The van der Waals surface area contributed by atoms with E-state index in [2.05, 4.69) is 26.2 Å². The van der Waals surface area contributed by atoms with Gasteiger partial charge in [-0.1, -0.05) is 0 Å². The molecule has 2 N–H and O–H groups in total. The number of carboxylic acids is 1. The number of amides is 1. The maximum absolute atomic E-state index is 11.9. The van der Waals surface area contributed by atoms with Crippen molar-refractivity contribution in [3.63, 3.8) is 0 Å². The molecule has 2 rings (SSSR count). The molecule has 0 radical (unpaired) electrons. The van der Waals surface area contributed by atoms with Crippen LogP contribution in [0.2, 0.25) is 0 Å². The zero-order chi connectivity index (χ0) is 14.0. The molecule has 100 valence electrons. The van der Waals surface area contributed by atoms with Crippen LogP contribution in [0.3, 0.4) is 0 Å². The maximum atomic E-state index is 11.9. The third kappa shape index (κ3) is 3.20. The summed E-state index contributed by atoms with van der Waals surface area (Å²) in [5.74, 6) is -1.19. The number of carbonyl (C=O) groups is 2. The number of carbonyl (C=O) groups excluding carboxylic acids is 1. The van der Waals surface area contributed by atoms with Crippen LogP contribution in [0.25, 0.3) is 0 Å². The van der Waals surface area contributed by atoms with Crippen molar-refractivity contribution in [2.24, 2.45) is 0 Å². The predicted molar refractivity (Wildman–Crippen MR) is 77.0 cm³/mol. The van der Waals surface area contributed by atoms with Gasteiger partial charge in [0.1, 0.15) is 14.8 Å². The number of hydrogen-bond donors (Lipinski definition) is 2. The van der Waals surface area contributed by atoms with E-state index in [0.29, 0.717) is 15.6 Å². The maximum Gasteiger partial charge on any atom is 0.347 e. The van der Waals surface area contributed by atoms with E-state index in [4.69, 9.17) is 5.11 Å². The first kappa shape index (κ1) is 14.2. The second kappa shape index (κ2) is 5.81. The van der Waals surface area contributed by atoms with Crippen molar-refractivity contribution in [3.05, 3.63) is 36.4 Å². The van der Waals surface area contributed by atoms with Gasteiger partial charge in [0.25, 0.3) is 5.91 Å². The number of nitrogens with one attached hydrogen (secondary N) is 1. The highest BCUT2D eigenvalue weighted by Crippen LogP contribution is 2.23. The second-order valence-electron chi connectivity index (χ2n) is 3.61. The Hall–Kier alpha value is -1.25. The lowest BCUT2D eigenvalue weighted by molar-refractivity contribution is 0.0701. The minimum Gasteiger partial charge on any atom is -0.477 e. The molecule has 0 bridgehead atoms. The van der Waals surface area contributed by atoms with Crippen LogP contribution in [0.15, 0.2) is 15.9 Å². The van der Waals surface area contributed by atoms with E-state index in [1.165, 1.54) is 11.3 Å². The quantitative estimate of drug-likeness (QED) is 0.878. The molecule has 1 amide bonds. The van der Waals surface area contributed by atoms with Gasteiger partial charge >= 0.3 is 5.97 Å². The molecule has 2 aromatic rings. The molecule has 2 aromatic heterocycles. The highest BCUT2D eigenvalue weighted by Gasteiger charge is 2.15. The van der Waals surface area contributed by atoms with E-state index in [9.17, 15) is 9.59 Å². The zero-order valence-corrected chi connectivity index (χ0v) is 13.0. The molecule has 0 aliphatic carbocycles. The summed E-state index contributed by atoms with van der Waals surface area (Å²) in [4.78, 5) is 27.7. The topological polar surface area (TPSA) is 79.3 Å². The number of nitrogens with zero attached hydrogens (tertiary/aromatic N) is 1. The van der Waals surface area contributed by atoms with Crippen LogP contribution in [0.1, 0.15) is 30.0 Å². The average molecular weight is 361 g/mol. The summed E-state index contributed by atoms with van der Waals surface area (Å²) in [6.07, 6.45) is 0. The molecule has 2 heterocycles. The van der Waals surface area contributed by atoms with Crippen molar-refractivity contribution in [1.29, 1.82) is 0 Å². The van der Waals surface area contributed by atoms with Crippen molar-refractivity contribution in [2.45, 2.75) is 13.5 Å². The smallest absolute Gasteiger partial charge is 0.347 e. The molecule has 0 fully saturated rings.